The van der Waals surface area contributed by atoms with Crippen LogP contribution in [0.1, 0.15) is 19.9 Å². The van der Waals surface area contributed by atoms with Crippen molar-refractivity contribution in [2.24, 2.45) is 5.92 Å². The SMILES string of the molecule is CC(C)C(C(=O)N1CCN(c2ccc(Cl)cn2)CC1)n1cncn1. The third-order valence-corrected chi connectivity index (χ3v) is 4.46. The molecule has 1 unspecified atom stereocenters. The number of hydrogen-bond acceptors (Lipinski definition) is 5. The van der Waals surface area contributed by atoms with Crippen molar-refractivity contribution < 1.29 is 4.79 Å². The Morgan fingerprint density at radius 2 is 1.96 bits per heavy atom. The molecule has 0 N–H and O–H groups in total. The Morgan fingerprint density at radius 1 is 1.21 bits per heavy atom. The number of carbonyl (C=O) groups excluding carboxylic acids is 1. The van der Waals surface area contributed by atoms with Crippen LogP contribution in [0, 0.1) is 5.92 Å². The Kier molecular flexibility index (Phi) is 4.99. The van der Waals surface area contributed by atoms with Gasteiger partial charge in [-0.25, -0.2) is 14.6 Å². The van der Waals surface area contributed by atoms with Crippen LogP contribution in [0.4, 0.5) is 5.82 Å². The van der Waals surface area contributed by atoms with Crippen molar-refractivity contribution in [3.63, 3.8) is 0 Å². The number of carbonyl (C=O) groups is 1. The highest BCUT2D eigenvalue weighted by atomic mass is 35.5. The second kappa shape index (κ2) is 7.17. The van der Waals surface area contributed by atoms with Gasteiger partial charge in [-0.3, -0.25) is 4.79 Å². The van der Waals surface area contributed by atoms with E-state index in [0.29, 0.717) is 18.1 Å². The number of hydrogen-bond donors (Lipinski definition) is 0. The third-order valence-electron chi connectivity index (χ3n) is 4.23. The van der Waals surface area contributed by atoms with E-state index in [9.17, 15) is 4.79 Å². The second-order valence-corrected chi connectivity index (χ2v) is 6.65. The molecule has 2 aromatic heterocycles. The lowest BCUT2D eigenvalue weighted by molar-refractivity contribution is -0.136. The number of piperazine rings is 1. The molecule has 0 spiro atoms. The Labute approximate surface area is 146 Å². The summed E-state index contributed by atoms with van der Waals surface area (Å²) in [5, 5.41) is 4.77. The first-order valence-corrected chi connectivity index (χ1v) is 8.43. The molecule has 24 heavy (non-hydrogen) atoms. The Hall–Kier alpha value is -2.15. The van der Waals surface area contributed by atoms with E-state index in [1.165, 1.54) is 6.33 Å². The van der Waals surface area contributed by atoms with E-state index < -0.39 is 0 Å². The van der Waals surface area contributed by atoms with Gasteiger partial charge in [0.15, 0.2) is 0 Å². The highest BCUT2D eigenvalue weighted by Crippen LogP contribution is 2.22. The van der Waals surface area contributed by atoms with Crippen molar-refractivity contribution >= 4 is 23.3 Å². The molecule has 1 fully saturated rings. The normalized spacial score (nSPS) is 16.5. The predicted molar refractivity (Wildman–Crippen MR) is 91.9 cm³/mol. The minimum atomic E-state index is -0.312. The molecule has 0 radical (unpaired) electrons. The summed E-state index contributed by atoms with van der Waals surface area (Å²) in [5.41, 5.74) is 0. The molecule has 1 atom stereocenters. The van der Waals surface area contributed by atoms with E-state index >= 15 is 0 Å². The van der Waals surface area contributed by atoms with Crippen LogP contribution in [0.15, 0.2) is 31.0 Å². The van der Waals surface area contributed by atoms with Crippen LogP contribution >= 0.6 is 11.6 Å². The first-order chi connectivity index (χ1) is 11.6. The molecule has 0 bridgehead atoms. The molecule has 128 valence electrons. The number of halogens is 1. The van der Waals surface area contributed by atoms with Crippen LogP contribution < -0.4 is 4.90 Å². The van der Waals surface area contributed by atoms with Crippen LogP contribution in [0.3, 0.4) is 0 Å². The van der Waals surface area contributed by atoms with Gasteiger partial charge in [0.25, 0.3) is 0 Å². The Morgan fingerprint density at radius 3 is 2.50 bits per heavy atom. The lowest BCUT2D eigenvalue weighted by atomic mass is 10.0. The van der Waals surface area contributed by atoms with Crippen LogP contribution in [0.5, 0.6) is 0 Å². The van der Waals surface area contributed by atoms with Gasteiger partial charge in [-0.05, 0) is 18.1 Å². The minimum absolute atomic E-state index is 0.0965. The van der Waals surface area contributed by atoms with Gasteiger partial charge in [-0.1, -0.05) is 25.4 Å². The van der Waals surface area contributed by atoms with E-state index in [1.54, 1.807) is 17.2 Å². The highest BCUT2D eigenvalue weighted by Gasteiger charge is 2.31. The first-order valence-electron chi connectivity index (χ1n) is 8.05. The molecular formula is C16H21ClN6O. The molecule has 7 nitrogen and oxygen atoms in total. The summed E-state index contributed by atoms with van der Waals surface area (Å²) in [6.07, 6.45) is 4.72. The van der Waals surface area contributed by atoms with Gasteiger partial charge in [-0.2, -0.15) is 5.10 Å². The van der Waals surface area contributed by atoms with Gasteiger partial charge in [0.2, 0.25) is 5.91 Å². The second-order valence-electron chi connectivity index (χ2n) is 6.21. The molecule has 3 rings (SSSR count). The van der Waals surface area contributed by atoms with Gasteiger partial charge in [0, 0.05) is 32.4 Å². The molecule has 2 aromatic rings. The van der Waals surface area contributed by atoms with Crippen LogP contribution in [-0.4, -0.2) is 56.7 Å². The zero-order valence-corrected chi connectivity index (χ0v) is 14.6. The molecule has 3 heterocycles. The van der Waals surface area contributed by atoms with E-state index in [2.05, 4.69) is 20.0 Å². The number of anilines is 1. The number of amides is 1. The van der Waals surface area contributed by atoms with Crippen molar-refractivity contribution in [1.29, 1.82) is 0 Å². The molecule has 0 aromatic carbocycles. The van der Waals surface area contributed by atoms with Crippen LogP contribution in [0.2, 0.25) is 5.02 Å². The fourth-order valence-corrected chi connectivity index (χ4v) is 3.07. The zero-order chi connectivity index (χ0) is 17.1. The first kappa shape index (κ1) is 16.7. The zero-order valence-electron chi connectivity index (χ0n) is 13.8. The molecule has 1 saturated heterocycles. The summed E-state index contributed by atoms with van der Waals surface area (Å²) in [6.45, 7) is 6.89. The average Bonchev–Trinajstić information content (AvgIpc) is 3.09. The molecule has 8 heteroatoms. The Bertz CT molecular complexity index is 664. The molecule has 0 saturated carbocycles. The summed E-state index contributed by atoms with van der Waals surface area (Å²) in [7, 11) is 0. The maximum atomic E-state index is 12.9. The number of pyridine rings is 1. The van der Waals surface area contributed by atoms with E-state index in [4.69, 9.17) is 11.6 Å². The largest absolute Gasteiger partial charge is 0.353 e. The lowest BCUT2D eigenvalue weighted by Crippen LogP contribution is -2.51. The maximum Gasteiger partial charge on any atom is 0.247 e. The van der Waals surface area contributed by atoms with E-state index in [-0.39, 0.29) is 17.9 Å². The van der Waals surface area contributed by atoms with Gasteiger partial charge in [-0.15, -0.1) is 0 Å². The van der Waals surface area contributed by atoms with Gasteiger partial charge in [0.1, 0.15) is 24.5 Å². The monoisotopic (exact) mass is 348 g/mol. The average molecular weight is 349 g/mol. The van der Waals surface area contributed by atoms with Crippen LogP contribution in [-0.2, 0) is 4.79 Å². The van der Waals surface area contributed by atoms with Gasteiger partial charge in [0.05, 0.1) is 5.02 Å². The molecule has 1 aliphatic heterocycles. The van der Waals surface area contributed by atoms with E-state index in [0.717, 1.165) is 18.9 Å². The summed E-state index contributed by atoms with van der Waals surface area (Å²) in [6, 6.07) is 3.43. The molecule has 0 aliphatic carbocycles. The summed E-state index contributed by atoms with van der Waals surface area (Å²) >= 11 is 5.88. The van der Waals surface area contributed by atoms with Crippen molar-refractivity contribution in [3.05, 3.63) is 36.0 Å². The summed E-state index contributed by atoms with van der Waals surface area (Å²) in [4.78, 5) is 25.3. The van der Waals surface area contributed by atoms with Crippen molar-refractivity contribution in [2.45, 2.75) is 19.9 Å². The third kappa shape index (κ3) is 3.51. The number of nitrogens with zero attached hydrogens (tertiary/aromatic N) is 6. The lowest BCUT2D eigenvalue weighted by Gasteiger charge is -2.37. The van der Waals surface area contributed by atoms with Gasteiger partial charge >= 0.3 is 0 Å². The van der Waals surface area contributed by atoms with Gasteiger partial charge < -0.3 is 9.80 Å². The topological polar surface area (TPSA) is 67.2 Å². The van der Waals surface area contributed by atoms with Crippen molar-refractivity contribution in [1.82, 2.24) is 24.6 Å². The van der Waals surface area contributed by atoms with E-state index in [1.807, 2.05) is 30.9 Å². The van der Waals surface area contributed by atoms with Crippen molar-refractivity contribution in [2.75, 3.05) is 31.1 Å². The molecular weight excluding hydrogens is 328 g/mol. The smallest absolute Gasteiger partial charge is 0.247 e. The predicted octanol–water partition coefficient (Wildman–Crippen LogP) is 1.87. The number of rotatable bonds is 4. The highest BCUT2D eigenvalue weighted by molar-refractivity contribution is 6.30. The Balaban J connectivity index is 1.65. The van der Waals surface area contributed by atoms with Crippen molar-refractivity contribution in [3.8, 4) is 0 Å². The number of aromatic nitrogens is 4. The molecule has 1 aliphatic rings. The summed E-state index contributed by atoms with van der Waals surface area (Å²) in [5.74, 6) is 1.14. The standard InChI is InChI=1S/C16H21ClN6O/c1-12(2)15(23-11-18-10-20-23)16(24)22-7-5-21(6-8-22)14-4-3-13(17)9-19-14/h3-4,9-12,15H,5-8H2,1-2H3. The fraction of sp³-hybridized carbons (Fsp3) is 0.500. The minimum Gasteiger partial charge on any atom is -0.353 e. The fourth-order valence-electron chi connectivity index (χ4n) is 2.96. The van der Waals surface area contributed by atoms with Crippen LogP contribution in [0.25, 0.3) is 0 Å². The quantitative estimate of drug-likeness (QED) is 0.843. The molecule has 1 amide bonds. The maximum absolute atomic E-state index is 12.9. The summed E-state index contributed by atoms with van der Waals surface area (Å²) < 4.78 is 1.65.